The number of rotatable bonds is 4. The number of hydrogen-bond acceptors (Lipinski definition) is 5. The largest absolute Gasteiger partial charge is 0.351 e. The second kappa shape index (κ2) is 7.67. The van der Waals surface area contributed by atoms with Crippen LogP contribution in [0.3, 0.4) is 0 Å². The molecule has 4 rings (SSSR count). The molecule has 3 N–H and O–H groups in total. The minimum atomic E-state index is -0.590. The predicted molar refractivity (Wildman–Crippen MR) is 110 cm³/mol. The van der Waals surface area contributed by atoms with Crippen LogP contribution in [0.4, 0.5) is 14.7 Å². The van der Waals surface area contributed by atoms with E-state index in [1.165, 1.54) is 6.07 Å². The molecule has 8 heteroatoms. The van der Waals surface area contributed by atoms with Crippen LogP contribution in [-0.4, -0.2) is 31.6 Å². The second-order valence-corrected chi connectivity index (χ2v) is 8.09. The predicted octanol–water partition coefficient (Wildman–Crippen LogP) is 4.34. The molecular formula is C21H26F2N6. The monoisotopic (exact) mass is 400 g/mol. The fraction of sp³-hybridized carbons (Fsp3) is 0.476. The van der Waals surface area contributed by atoms with Gasteiger partial charge < -0.3 is 15.6 Å². The minimum Gasteiger partial charge on any atom is -0.351 e. The van der Waals surface area contributed by atoms with Crippen molar-refractivity contribution in [1.29, 1.82) is 0 Å². The van der Waals surface area contributed by atoms with Gasteiger partial charge in [-0.2, -0.15) is 0 Å². The molecule has 0 aliphatic heterocycles. The van der Waals surface area contributed by atoms with E-state index in [4.69, 9.17) is 5.73 Å². The Bertz CT molecular complexity index is 1040. The van der Waals surface area contributed by atoms with Crippen LogP contribution in [0.15, 0.2) is 18.3 Å². The minimum absolute atomic E-state index is 0.0740. The Kier molecular flexibility index (Phi) is 5.21. The van der Waals surface area contributed by atoms with Crippen LogP contribution in [0.1, 0.15) is 51.4 Å². The number of halogens is 2. The van der Waals surface area contributed by atoms with Crippen molar-refractivity contribution in [3.05, 3.63) is 35.8 Å². The zero-order valence-electron chi connectivity index (χ0n) is 16.9. The van der Waals surface area contributed by atoms with Crippen molar-refractivity contribution >= 4 is 17.0 Å². The number of nitrogens with two attached hydrogens (primary N) is 1. The molecule has 0 unspecified atom stereocenters. The number of nitrogens with one attached hydrogen (secondary N) is 1. The first kappa shape index (κ1) is 19.7. The summed E-state index contributed by atoms with van der Waals surface area (Å²) in [4.78, 5) is 12.8. The van der Waals surface area contributed by atoms with Gasteiger partial charge in [0.05, 0.1) is 11.7 Å². The van der Waals surface area contributed by atoms with E-state index in [-0.39, 0.29) is 29.3 Å². The zero-order chi connectivity index (χ0) is 20.7. The van der Waals surface area contributed by atoms with E-state index in [0.29, 0.717) is 22.9 Å². The van der Waals surface area contributed by atoms with Gasteiger partial charge in [0.1, 0.15) is 17.0 Å². The molecule has 0 amide bonds. The summed E-state index contributed by atoms with van der Waals surface area (Å²) in [6.07, 6.45) is 4.85. The molecule has 0 saturated heterocycles. The highest BCUT2D eigenvalue weighted by molar-refractivity contribution is 5.83. The van der Waals surface area contributed by atoms with Gasteiger partial charge in [0.2, 0.25) is 5.95 Å². The Morgan fingerprint density at radius 1 is 1.10 bits per heavy atom. The summed E-state index contributed by atoms with van der Waals surface area (Å²) in [5.41, 5.74) is 7.30. The lowest BCUT2D eigenvalue weighted by atomic mass is 9.92. The summed E-state index contributed by atoms with van der Waals surface area (Å²) >= 11 is 0. The van der Waals surface area contributed by atoms with Crippen molar-refractivity contribution in [2.75, 3.05) is 5.32 Å². The van der Waals surface area contributed by atoms with Crippen LogP contribution < -0.4 is 11.1 Å². The van der Waals surface area contributed by atoms with Gasteiger partial charge in [0, 0.05) is 23.7 Å². The molecule has 1 fully saturated rings. The summed E-state index contributed by atoms with van der Waals surface area (Å²) in [6.45, 7) is 5.84. The number of fused-ring (bicyclic) bond motifs is 1. The van der Waals surface area contributed by atoms with Crippen molar-refractivity contribution < 1.29 is 8.78 Å². The maximum atomic E-state index is 14.8. The smallest absolute Gasteiger partial charge is 0.223 e. The third-order valence-electron chi connectivity index (χ3n) is 5.56. The topological polar surface area (TPSA) is 81.7 Å². The van der Waals surface area contributed by atoms with Crippen LogP contribution in [0.5, 0.6) is 0 Å². The quantitative estimate of drug-likeness (QED) is 0.681. The van der Waals surface area contributed by atoms with E-state index >= 15 is 0 Å². The van der Waals surface area contributed by atoms with Crippen LogP contribution in [0.2, 0.25) is 0 Å². The third kappa shape index (κ3) is 3.81. The molecule has 0 spiro atoms. The van der Waals surface area contributed by atoms with Gasteiger partial charge in [0.25, 0.3) is 0 Å². The molecule has 1 saturated carbocycles. The molecule has 2 aromatic heterocycles. The van der Waals surface area contributed by atoms with Gasteiger partial charge in [-0.3, -0.25) is 0 Å². The lowest BCUT2D eigenvalue weighted by Crippen LogP contribution is -2.33. The molecule has 0 radical (unpaired) electrons. The Hall–Kier alpha value is -2.61. The van der Waals surface area contributed by atoms with Gasteiger partial charge in [-0.05, 0) is 58.6 Å². The normalized spacial score (nSPS) is 19.8. The molecule has 1 aromatic carbocycles. The number of nitrogens with zero attached hydrogens (tertiary/aromatic N) is 4. The first-order chi connectivity index (χ1) is 13.8. The van der Waals surface area contributed by atoms with Gasteiger partial charge in [-0.25, -0.2) is 23.7 Å². The molecule has 6 nitrogen and oxygen atoms in total. The number of anilines is 1. The van der Waals surface area contributed by atoms with Crippen LogP contribution in [-0.2, 0) is 0 Å². The molecule has 154 valence electrons. The SMILES string of the molecule is Cc1nc2c(F)cc(-c3nc(N[C@H]4CC[C@H](N)CC4)ncc3F)cc2n1C(C)C. The van der Waals surface area contributed by atoms with Gasteiger partial charge in [0.15, 0.2) is 11.6 Å². The Labute approximate surface area is 168 Å². The van der Waals surface area contributed by atoms with E-state index in [1.807, 2.05) is 25.3 Å². The van der Waals surface area contributed by atoms with Crippen molar-refractivity contribution in [2.45, 2.75) is 64.6 Å². The van der Waals surface area contributed by atoms with Crippen LogP contribution in [0.25, 0.3) is 22.3 Å². The fourth-order valence-corrected chi connectivity index (χ4v) is 4.14. The maximum Gasteiger partial charge on any atom is 0.223 e. The van der Waals surface area contributed by atoms with E-state index in [0.717, 1.165) is 31.9 Å². The van der Waals surface area contributed by atoms with E-state index < -0.39 is 11.6 Å². The number of hydrogen-bond donors (Lipinski definition) is 2. The number of aryl methyl sites for hydroxylation is 1. The summed E-state index contributed by atoms with van der Waals surface area (Å²) in [5.74, 6) is -0.0240. The first-order valence-electron chi connectivity index (χ1n) is 10.1. The highest BCUT2D eigenvalue weighted by Crippen LogP contribution is 2.30. The Balaban J connectivity index is 1.72. The molecule has 0 atom stereocenters. The molecule has 29 heavy (non-hydrogen) atoms. The molecule has 0 bridgehead atoms. The zero-order valence-corrected chi connectivity index (χ0v) is 16.9. The molecular weight excluding hydrogens is 374 g/mol. The van der Waals surface area contributed by atoms with Crippen LogP contribution >= 0.6 is 0 Å². The van der Waals surface area contributed by atoms with Gasteiger partial charge >= 0.3 is 0 Å². The Morgan fingerprint density at radius 2 is 1.83 bits per heavy atom. The van der Waals surface area contributed by atoms with E-state index in [1.54, 1.807) is 6.07 Å². The highest BCUT2D eigenvalue weighted by atomic mass is 19.1. The second-order valence-electron chi connectivity index (χ2n) is 8.09. The van der Waals surface area contributed by atoms with Crippen LogP contribution in [0, 0.1) is 18.6 Å². The Morgan fingerprint density at radius 3 is 2.52 bits per heavy atom. The van der Waals surface area contributed by atoms with Crippen molar-refractivity contribution in [3.63, 3.8) is 0 Å². The lowest BCUT2D eigenvalue weighted by Gasteiger charge is -2.26. The van der Waals surface area contributed by atoms with Gasteiger partial charge in [-0.15, -0.1) is 0 Å². The maximum absolute atomic E-state index is 14.8. The van der Waals surface area contributed by atoms with Crippen molar-refractivity contribution in [3.8, 4) is 11.3 Å². The standard InChI is InChI=1S/C21H26F2N6/c1-11(2)29-12(3)26-20-16(22)8-13(9-18(20)29)19-17(23)10-25-21(28-19)27-15-6-4-14(24)5-7-15/h8-11,14-15H,4-7,24H2,1-3H3,(H,25,27,28)/t14-,15-. The molecule has 1 aliphatic rings. The molecule has 1 aliphatic carbocycles. The number of aromatic nitrogens is 4. The highest BCUT2D eigenvalue weighted by Gasteiger charge is 2.21. The summed E-state index contributed by atoms with van der Waals surface area (Å²) in [5, 5.41) is 3.27. The molecule has 2 heterocycles. The van der Waals surface area contributed by atoms with E-state index in [9.17, 15) is 8.78 Å². The third-order valence-corrected chi connectivity index (χ3v) is 5.56. The average molecular weight is 400 g/mol. The van der Waals surface area contributed by atoms with Crippen molar-refractivity contribution in [1.82, 2.24) is 19.5 Å². The van der Waals surface area contributed by atoms with Gasteiger partial charge in [-0.1, -0.05) is 0 Å². The number of benzene rings is 1. The number of imidazole rings is 1. The molecule has 3 aromatic rings. The summed E-state index contributed by atoms with van der Waals surface area (Å²) in [6, 6.07) is 3.57. The van der Waals surface area contributed by atoms with Crippen molar-refractivity contribution in [2.24, 2.45) is 5.73 Å². The fourth-order valence-electron chi connectivity index (χ4n) is 4.14. The summed E-state index contributed by atoms with van der Waals surface area (Å²) < 4.78 is 31.3. The van der Waals surface area contributed by atoms with E-state index in [2.05, 4.69) is 20.3 Å². The average Bonchev–Trinajstić information content (AvgIpc) is 3.02. The lowest BCUT2D eigenvalue weighted by molar-refractivity contribution is 0.409. The first-order valence-corrected chi connectivity index (χ1v) is 10.1. The summed E-state index contributed by atoms with van der Waals surface area (Å²) in [7, 11) is 0.